The number of aliphatic hydroxyl groups is 1. The minimum atomic E-state index is 0.299. The van der Waals surface area contributed by atoms with Crippen molar-refractivity contribution in [1.29, 1.82) is 0 Å². The normalized spacial score (nSPS) is 32.4. The Balaban J connectivity index is 1.73. The molecular formula is C14H26NO. The van der Waals surface area contributed by atoms with Crippen LogP contribution in [0, 0.1) is 11.8 Å². The quantitative estimate of drug-likeness (QED) is 0.793. The third-order valence-corrected chi connectivity index (χ3v) is 4.60. The molecule has 0 aromatic carbocycles. The zero-order chi connectivity index (χ0) is 11.4. The average molecular weight is 224 g/mol. The fraction of sp³-hybridized carbons (Fsp3) is 0.929. The van der Waals surface area contributed by atoms with Gasteiger partial charge in [-0.05, 0) is 57.4 Å². The van der Waals surface area contributed by atoms with E-state index < -0.39 is 0 Å². The van der Waals surface area contributed by atoms with Crippen molar-refractivity contribution in [2.24, 2.45) is 5.92 Å². The van der Waals surface area contributed by atoms with Crippen molar-refractivity contribution < 1.29 is 5.11 Å². The lowest BCUT2D eigenvalue weighted by atomic mass is 9.77. The first-order chi connectivity index (χ1) is 7.81. The molecule has 0 saturated heterocycles. The molecule has 2 fully saturated rings. The van der Waals surface area contributed by atoms with Crippen molar-refractivity contribution >= 4 is 0 Å². The first kappa shape index (κ1) is 12.4. The van der Waals surface area contributed by atoms with E-state index in [-0.39, 0.29) is 0 Å². The highest BCUT2D eigenvalue weighted by Gasteiger charge is 2.30. The topological polar surface area (TPSA) is 23.5 Å². The molecule has 0 aromatic heterocycles. The Morgan fingerprint density at radius 1 is 1.12 bits per heavy atom. The van der Waals surface area contributed by atoms with Crippen LogP contribution in [0.4, 0.5) is 0 Å². The van der Waals surface area contributed by atoms with Crippen LogP contribution in [0.2, 0.25) is 0 Å². The number of likely N-dealkylation sites (N-methyl/N-ethyl adjacent to an activating group) is 1. The fourth-order valence-electron chi connectivity index (χ4n) is 3.50. The molecular weight excluding hydrogens is 198 g/mol. The second kappa shape index (κ2) is 6.02. The first-order valence-corrected chi connectivity index (χ1v) is 6.97. The molecule has 0 spiro atoms. The van der Waals surface area contributed by atoms with Gasteiger partial charge >= 0.3 is 0 Å². The van der Waals surface area contributed by atoms with E-state index in [1.165, 1.54) is 51.4 Å². The molecule has 2 saturated carbocycles. The van der Waals surface area contributed by atoms with Gasteiger partial charge in [0.1, 0.15) is 0 Å². The van der Waals surface area contributed by atoms with E-state index in [0.29, 0.717) is 6.61 Å². The van der Waals surface area contributed by atoms with Crippen LogP contribution in [0.1, 0.15) is 51.4 Å². The van der Waals surface area contributed by atoms with Crippen molar-refractivity contribution in [1.82, 2.24) is 4.90 Å². The molecule has 2 heteroatoms. The number of nitrogens with zero attached hydrogens (tertiary/aromatic N) is 1. The van der Waals surface area contributed by atoms with Crippen LogP contribution in [0.15, 0.2) is 0 Å². The van der Waals surface area contributed by atoms with E-state index in [2.05, 4.69) is 11.9 Å². The molecule has 0 aromatic rings. The Bertz CT molecular complexity index is 193. The number of aliphatic hydroxyl groups excluding tert-OH is 1. The molecule has 16 heavy (non-hydrogen) atoms. The summed E-state index contributed by atoms with van der Waals surface area (Å²) in [6, 6.07) is 0.727. The van der Waals surface area contributed by atoms with Crippen LogP contribution in [0.25, 0.3) is 0 Å². The maximum Gasteiger partial charge on any atom is 0.0558 e. The summed E-state index contributed by atoms with van der Waals surface area (Å²) in [6.45, 7) is 1.14. The van der Waals surface area contributed by atoms with E-state index in [1.54, 1.807) is 0 Å². The lowest BCUT2D eigenvalue weighted by Gasteiger charge is -2.36. The highest BCUT2D eigenvalue weighted by atomic mass is 16.3. The summed E-state index contributed by atoms with van der Waals surface area (Å²) in [4.78, 5) is 2.34. The largest absolute Gasteiger partial charge is 0.395 e. The van der Waals surface area contributed by atoms with Gasteiger partial charge in [0.15, 0.2) is 0 Å². The zero-order valence-electron chi connectivity index (χ0n) is 10.6. The Hall–Kier alpha value is -0.0800. The third-order valence-electron chi connectivity index (χ3n) is 4.60. The Labute approximate surface area is 100 Å². The average Bonchev–Trinajstić information content (AvgIpc) is 2.83. The van der Waals surface area contributed by atoms with Crippen molar-refractivity contribution in [2.45, 2.75) is 57.4 Å². The molecule has 2 aliphatic carbocycles. The summed E-state index contributed by atoms with van der Waals surface area (Å²) < 4.78 is 0. The standard InChI is InChI=1S/C14H26NO/c1-15(10-11-16)14-8-6-13(7-9-14)12-4-2-3-5-12/h13-14,16H,2-11H2,1H3. The van der Waals surface area contributed by atoms with Gasteiger partial charge in [-0.25, -0.2) is 0 Å². The lowest BCUT2D eigenvalue weighted by molar-refractivity contribution is 0.137. The lowest BCUT2D eigenvalue weighted by Crippen LogP contribution is -2.37. The van der Waals surface area contributed by atoms with Crippen LogP contribution in [-0.2, 0) is 0 Å². The summed E-state index contributed by atoms with van der Waals surface area (Å²) >= 11 is 0. The first-order valence-electron chi connectivity index (χ1n) is 6.97. The Kier molecular flexibility index (Phi) is 4.66. The maximum absolute atomic E-state index is 8.95. The SMILES string of the molecule is CN(CCO)C1CCC([C]2CCCC2)CC1. The van der Waals surface area contributed by atoms with Gasteiger partial charge in [-0.1, -0.05) is 12.8 Å². The fourth-order valence-corrected chi connectivity index (χ4v) is 3.50. The van der Waals surface area contributed by atoms with Crippen molar-refractivity contribution in [3.05, 3.63) is 5.92 Å². The van der Waals surface area contributed by atoms with Crippen molar-refractivity contribution in [3.8, 4) is 0 Å². The van der Waals surface area contributed by atoms with E-state index in [0.717, 1.165) is 18.5 Å². The highest BCUT2D eigenvalue weighted by Crippen LogP contribution is 2.41. The summed E-state index contributed by atoms with van der Waals surface area (Å²) in [5.74, 6) is 2.82. The molecule has 0 aliphatic heterocycles. The molecule has 0 bridgehead atoms. The van der Waals surface area contributed by atoms with Gasteiger partial charge in [0, 0.05) is 12.6 Å². The van der Waals surface area contributed by atoms with Crippen LogP contribution in [-0.4, -0.2) is 36.2 Å². The molecule has 0 heterocycles. The van der Waals surface area contributed by atoms with E-state index in [1.807, 2.05) is 5.92 Å². The van der Waals surface area contributed by atoms with Crippen molar-refractivity contribution in [3.63, 3.8) is 0 Å². The summed E-state index contributed by atoms with van der Waals surface area (Å²) in [7, 11) is 2.16. The Morgan fingerprint density at radius 3 is 2.31 bits per heavy atom. The van der Waals surface area contributed by atoms with Crippen molar-refractivity contribution in [2.75, 3.05) is 20.2 Å². The number of hydrogen-bond acceptors (Lipinski definition) is 2. The van der Waals surface area contributed by atoms with E-state index >= 15 is 0 Å². The van der Waals surface area contributed by atoms with Crippen LogP contribution >= 0.6 is 0 Å². The number of hydrogen-bond donors (Lipinski definition) is 1. The van der Waals surface area contributed by atoms with Gasteiger partial charge < -0.3 is 10.0 Å². The smallest absolute Gasteiger partial charge is 0.0558 e. The molecule has 1 N–H and O–H groups in total. The van der Waals surface area contributed by atoms with Gasteiger partial charge in [-0.15, -0.1) is 0 Å². The van der Waals surface area contributed by atoms with Crippen LogP contribution in [0.3, 0.4) is 0 Å². The summed E-state index contributed by atoms with van der Waals surface area (Å²) in [5.41, 5.74) is 0. The predicted molar refractivity (Wildman–Crippen MR) is 67.2 cm³/mol. The number of rotatable bonds is 4. The van der Waals surface area contributed by atoms with Gasteiger partial charge in [-0.2, -0.15) is 0 Å². The van der Waals surface area contributed by atoms with Gasteiger partial charge in [-0.3, -0.25) is 0 Å². The second-order valence-corrected chi connectivity index (χ2v) is 5.58. The Morgan fingerprint density at radius 2 is 1.75 bits per heavy atom. The monoisotopic (exact) mass is 224 g/mol. The summed E-state index contributed by atoms with van der Waals surface area (Å²) in [6.07, 6.45) is 11.2. The molecule has 0 unspecified atom stereocenters. The third kappa shape index (κ3) is 2.98. The minimum absolute atomic E-state index is 0.299. The van der Waals surface area contributed by atoms with Crippen LogP contribution in [0.5, 0.6) is 0 Å². The molecule has 2 nitrogen and oxygen atoms in total. The minimum Gasteiger partial charge on any atom is -0.395 e. The molecule has 0 atom stereocenters. The van der Waals surface area contributed by atoms with Gasteiger partial charge in [0.05, 0.1) is 6.61 Å². The van der Waals surface area contributed by atoms with E-state index in [4.69, 9.17) is 5.11 Å². The van der Waals surface area contributed by atoms with Gasteiger partial charge in [0.25, 0.3) is 0 Å². The molecule has 93 valence electrons. The predicted octanol–water partition coefficient (Wildman–Crippen LogP) is 2.62. The molecule has 2 rings (SSSR count). The van der Waals surface area contributed by atoms with E-state index in [9.17, 15) is 0 Å². The maximum atomic E-state index is 8.95. The molecule has 2 aliphatic rings. The summed E-state index contributed by atoms with van der Waals surface area (Å²) in [5, 5.41) is 8.95. The second-order valence-electron chi connectivity index (χ2n) is 5.58. The van der Waals surface area contributed by atoms with Gasteiger partial charge in [0.2, 0.25) is 0 Å². The zero-order valence-corrected chi connectivity index (χ0v) is 10.6. The molecule has 0 amide bonds. The van der Waals surface area contributed by atoms with Crippen LogP contribution < -0.4 is 0 Å². The molecule has 1 radical (unpaired) electrons. The highest BCUT2D eigenvalue weighted by molar-refractivity contribution is 5.02.